The lowest BCUT2D eigenvalue weighted by molar-refractivity contribution is -0.137. The van der Waals surface area contributed by atoms with Gasteiger partial charge in [-0.25, -0.2) is 4.98 Å². The minimum absolute atomic E-state index is 0.402. The molecule has 0 saturated carbocycles. The van der Waals surface area contributed by atoms with Gasteiger partial charge < -0.3 is 5.32 Å². The summed E-state index contributed by atoms with van der Waals surface area (Å²) in [6.07, 6.45) is -4.53. The molecule has 0 bridgehead atoms. The first-order valence-corrected chi connectivity index (χ1v) is 6.08. The van der Waals surface area contributed by atoms with Crippen molar-refractivity contribution in [1.82, 2.24) is 4.98 Å². The van der Waals surface area contributed by atoms with Crippen molar-refractivity contribution < 1.29 is 13.2 Å². The van der Waals surface area contributed by atoms with Crippen LogP contribution in [-0.2, 0) is 6.18 Å². The van der Waals surface area contributed by atoms with Crippen LogP contribution in [0.2, 0.25) is 0 Å². The number of hydrogen-bond acceptors (Lipinski definition) is 4. The third kappa shape index (κ3) is 3.03. The van der Waals surface area contributed by atoms with Gasteiger partial charge in [-0.1, -0.05) is 0 Å². The summed E-state index contributed by atoms with van der Waals surface area (Å²) in [7, 11) is 0. The number of halogens is 3. The van der Waals surface area contributed by atoms with Crippen LogP contribution >= 0.6 is 11.3 Å². The summed E-state index contributed by atoms with van der Waals surface area (Å²) < 4.78 is 37.8. The second kappa shape index (κ2) is 4.90. The molecule has 1 heterocycles. The Morgan fingerprint density at radius 2 is 2.11 bits per heavy atom. The van der Waals surface area contributed by atoms with Gasteiger partial charge in [0.05, 0.1) is 22.9 Å². The highest BCUT2D eigenvalue weighted by Gasteiger charge is 2.33. The van der Waals surface area contributed by atoms with Crippen molar-refractivity contribution in [3.63, 3.8) is 0 Å². The minimum atomic E-state index is -4.53. The number of benzene rings is 1. The normalized spacial score (nSPS) is 11.1. The molecule has 0 saturated heterocycles. The number of hydrogen-bond donors (Lipinski definition) is 1. The van der Waals surface area contributed by atoms with E-state index in [4.69, 9.17) is 5.26 Å². The molecule has 1 N–H and O–H groups in total. The van der Waals surface area contributed by atoms with Crippen LogP contribution in [0.25, 0.3) is 0 Å². The van der Waals surface area contributed by atoms with Gasteiger partial charge in [0.25, 0.3) is 0 Å². The maximum absolute atomic E-state index is 12.6. The number of nitriles is 1. The van der Waals surface area contributed by atoms with Gasteiger partial charge in [0.1, 0.15) is 0 Å². The molecule has 1 aromatic carbocycles. The van der Waals surface area contributed by atoms with Gasteiger partial charge in [-0.2, -0.15) is 18.4 Å². The molecule has 0 aliphatic carbocycles. The van der Waals surface area contributed by atoms with E-state index in [9.17, 15) is 13.2 Å². The summed E-state index contributed by atoms with van der Waals surface area (Å²) in [6, 6.07) is 4.89. The van der Waals surface area contributed by atoms with Crippen molar-refractivity contribution in [3.05, 3.63) is 40.4 Å². The second-order valence-electron chi connectivity index (χ2n) is 3.79. The van der Waals surface area contributed by atoms with Crippen LogP contribution in [0.3, 0.4) is 0 Å². The summed E-state index contributed by atoms with van der Waals surface area (Å²) >= 11 is 1.34. The van der Waals surface area contributed by atoms with Crippen molar-refractivity contribution in [3.8, 4) is 6.07 Å². The summed E-state index contributed by atoms with van der Waals surface area (Å²) in [4.78, 5) is 4.13. The summed E-state index contributed by atoms with van der Waals surface area (Å²) in [5, 5.41) is 14.0. The van der Waals surface area contributed by atoms with Crippen LogP contribution < -0.4 is 5.32 Å². The zero-order chi connectivity index (χ0) is 14.0. The molecule has 98 valence electrons. The number of rotatable bonds is 2. The number of nitrogens with one attached hydrogen (secondary N) is 1. The molecule has 0 amide bonds. The minimum Gasteiger partial charge on any atom is -0.332 e. The number of thiazole rings is 1. The lowest BCUT2D eigenvalue weighted by Crippen LogP contribution is -2.08. The molecule has 3 nitrogen and oxygen atoms in total. The molecule has 0 radical (unpaired) electrons. The van der Waals surface area contributed by atoms with E-state index in [0.717, 1.165) is 11.8 Å². The Morgan fingerprint density at radius 1 is 1.37 bits per heavy atom. The van der Waals surface area contributed by atoms with Crippen LogP contribution in [0.15, 0.2) is 23.6 Å². The molecule has 0 aliphatic rings. The third-order valence-corrected chi connectivity index (χ3v) is 3.19. The number of aromatic nitrogens is 1. The van der Waals surface area contributed by atoms with E-state index in [-0.39, 0.29) is 0 Å². The van der Waals surface area contributed by atoms with Gasteiger partial charge in [-0.3, -0.25) is 0 Å². The number of aryl methyl sites for hydroxylation is 1. The van der Waals surface area contributed by atoms with E-state index in [1.165, 1.54) is 23.5 Å². The van der Waals surface area contributed by atoms with Crippen molar-refractivity contribution in [2.75, 3.05) is 5.32 Å². The van der Waals surface area contributed by atoms with Crippen molar-refractivity contribution >= 4 is 22.2 Å². The van der Waals surface area contributed by atoms with Crippen LogP contribution in [0.1, 0.15) is 16.8 Å². The first kappa shape index (κ1) is 13.4. The largest absolute Gasteiger partial charge is 0.417 e. The molecular formula is C12H8F3N3S. The van der Waals surface area contributed by atoms with Gasteiger partial charge in [-0.05, 0) is 25.1 Å². The molecule has 0 unspecified atom stereocenters. The SMILES string of the molecule is Cc1csc(Nc2ccc(C(F)(F)F)c(C#N)c2)n1. The Bertz CT molecular complexity index is 640. The predicted octanol–water partition coefficient (Wildman–Crippen LogP) is 4.09. The van der Waals surface area contributed by atoms with Crippen LogP contribution in [0, 0.1) is 18.3 Å². The monoisotopic (exact) mass is 283 g/mol. The van der Waals surface area contributed by atoms with Crippen LogP contribution in [0.5, 0.6) is 0 Å². The lowest BCUT2D eigenvalue weighted by Gasteiger charge is -2.10. The van der Waals surface area contributed by atoms with Gasteiger partial charge in [0.2, 0.25) is 0 Å². The lowest BCUT2D eigenvalue weighted by atomic mass is 10.1. The fourth-order valence-electron chi connectivity index (χ4n) is 1.50. The molecule has 0 spiro atoms. The molecule has 0 atom stereocenters. The average molecular weight is 283 g/mol. The maximum Gasteiger partial charge on any atom is 0.417 e. The highest BCUT2D eigenvalue weighted by Crippen LogP contribution is 2.33. The van der Waals surface area contributed by atoms with E-state index in [2.05, 4.69) is 10.3 Å². The molecule has 2 aromatic rings. The number of anilines is 2. The molecule has 19 heavy (non-hydrogen) atoms. The molecular weight excluding hydrogens is 275 g/mol. The Hall–Kier alpha value is -2.07. The van der Waals surface area contributed by atoms with Gasteiger partial charge >= 0.3 is 6.18 Å². The highest BCUT2D eigenvalue weighted by atomic mass is 32.1. The summed E-state index contributed by atoms with van der Waals surface area (Å²) in [5.74, 6) is 0. The van der Waals surface area contributed by atoms with E-state index in [0.29, 0.717) is 10.8 Å². The van der Waals surface area contributed by atoms with E-state index >= 15 is 0 Å². The van der Waals surface area contributed by atoms with Gasteiger partial charge in [-0.15, -0.1) is 11.3 Å². The average Bonchev–Trinajstić information content (AvgIpc) is 2.73. The third-order valence-electron chi connectivity index (χ3n) is 2.32. The predicted molar refractivity (Wildman–Crippen MR) is 66.3 cm³/mol. The standard InChI is InChI=1S/C12H8F3N3S/c1-7-6-19-11(17-7)18-9-2-3-10(12(13,14)15)8(4-9)5-16/h2-4,6H,1H3,(H,17,18). The quantitative estimate of drug-likeness (QED) is 0.903. The molecule has 2 rings (SSSR count). The zero-order valence-corrected chi connectivity index (χ0v) is 10.6. The Morgan fingerprint density at radius 3 is 2.63 bits per heavy atom. The first-order chi connectivity index (χ1) is 8.90. The van der Waals surface area contributed by atoms with E-state index < -0.39 is 17.3 Å². The van der Waals surface area contributed by atoms with E-state index in [1.54, 1.807) is 6.07 Å². The second-order valence-corrected chi connectivity index (χ2v) is 4.65. The Balaban J connectivity index is 2.32. The number of alkyl halides is 3. The summed E-state index contributed by atoms with van der Waals surface area (Å²) in [5.41, 5.74) is -0.125. The number of nitrogens with zero attached hydrogens (tertiary/aromatic N) is 2. The smallest absolute Gasteiger partial charge is 0.332 e. The Labute approximate surface area is 111 Å². The molecule has 0 fully saturated rings. The van der Waals surface area contributed by atoms with E-state index in [1.807, 2.05) is 12.3 Å². The van der Waals surface area contributed by atoms with Crippen LogP contribution in [-0.4, -0.2) is 4.98 Å². The fourth-order valence-corrected chi connectivity index (χ4v) is 2.20. The molecule has 0 aliphatic heterocycles. The van der Waals surface area contributed by atoms with Crippen LogP contribution in [0.4, 0.5) is 24.0 Å². The molecule has 1 aromatic heterocycles. The van der Waals surface area contributed by atoms with Gasteiger partial charge in [0.15, 0.2) is 5.13 Å². The van der Waals surface area contributed by atoms with Crippen molar-refractivity contribution in [2.24, 2.45) is 0 Å². The topological polar surface area (TPSA) is 48.7 Å². The van der Waals surface area contributed by atoms with Crippen molar-refractivity contribution in [1.29, 1.82) is 5.26 Å². The molecule has 7 heteroatoms. The maximum atomic E-state index is 12.6. The zero-order valence-electron chi connectivity index (χ0n) is 9.75. The van der Waals surface area contributed by atoms with Crippen molar-refractivity contribution in [2.45, 2.75) is 13.1 Å². The highest BCUT2D eigenvalue weighted by molar-refractivity contribution is 7.13. The van der Waals surface area contributed by atoms with Gasteiger partial charge in [0, 0.05) is 11.1 Å². The fraction of sp³-hybridized carbons (Fsp3) is 0.167. The summed E-state index contributed by atoms with van der Waals surface area (Å²) in [6.45, 7) is 1.81. The Kier molecular flexibility index (Phi) is 3.44. The first-order valence-electron chi connectivity index (χ1n) is 5.20.